The highest BCUT2D eigenvalue weighted by Crippen LogP contribution is 2.00. The van der Waals surface area contributed by atoms with Gasteiger partial charge in [-0.2, -0.15) is 0 Å². The Balaban J connectivity index is 0.000000256. The molecule has 0 saturated heterocycles. The van der Waals surface area contributed by atoms with E-state index in [9.17, 15) is 0 Å². The topological polar surface area (TPSA) is 35.6 Å². The van der Waals surface area contributed by atoms with Crippen molar-refractivity contribution in [2.75, 3.05) is 0 Å². The van der Waals surface area contributed by atoms with Gasteiger partial charge in [-0.05, 0) is 0 Å². The Labute approximate surface area is 117 Å². The van der Waals surface area contributed by atoms with Crippen LogP contribution in [0.4, 0.5) is 0 Å². The van der Waals surface area contributed by atoms with E-state index >= 15 is 0 Å². The van der Waals surface area contributed by atoms with Crippen LogP contribution in [0, 0.1) is 0 Å². The first kappa shape index (κ1) is 17.4. The Morgan fingerprint density at radius 2 is 1.16 bits per heavy atom. The molecular formula is C15H28N4. The van der Waals surface area contributed by atoms with Gasteiger partial charge >= 0.3 is 0 Å². The second kappa shape index (κ2) is 12.9. The molecule has 0 fully saturated rings. The van der Waals surface area contributed by atoms with Crippen molar-refractivity contribution in [3.63, 3.8) is 0 Å². The van der Waals surface area contributed by atoms with Crippen LogP contribution in [-0.2, 0) is 14.1 Å². The van der Waals surface area contributed by atoms with Crippen molar-refractivity contribution < 1.29 is 0 Å². The largest absolute Gasteiger partial charge is 0.341 e. The second-order valence-corrected chi connectivity index (χ2v) is 4.52. The Bertz CT molecular complexity index is 315. The maximum Gasteiger partial charge on any atom is 0.0943 e. The monoisotopic (exact) mass is 264 g/mol. The van der Waals surface area contributed by atoms with Gasteiger partial charge in [0.1, 0.15) is 0 Å². The lowest BCUT2D eigenvalue weighted by molar-refractivity contribution is 0.656. The predicted octanol–water partition coefficient (Wildman–Crippen LogP) is 3.82. The van der Waals surface area contributed by atoms with Crippen molar-refractivity contribution in [1.29, 1.82) is 0 Å². The third kappa shape index (κ3) is 12.7. The summed E-state index contributed by atoms with van der Waals surface area (Å²) in [4.78, 5) is 7.57. The zero-order chi connectivity index (χ0) is 14.3. The van der Waals surface area contributed by atoms with E-state index in [0.29, 0.717) is 0 Å². The third-order valence-electron chi connectivity index (χ3n) is 2.48. The van der Waals surface area contributed by atoms with Crippen LogP contribution in [0.5, 0.6) is 0 Å². The first-order valence-corrected chi connectivity index (χ1v) is 7.04. The number of hydrogen-bond donors (Lipinski definition) is 0. The highest BCUT2D eigenvalue weighted by atomic mass is 15.0. The summed E-state index contributed by atoms with van der Waals surface area (Å²) in [6, 6.07) is 0. The van der Waals surface area contributed by atoms with Crippen molar-refractivity contribution >= 4 is 0 Å². The van der Waals surface area contributed by atoms with E-state index in [1.54, 1.807) is 25.0 Å². The van der Waals surface area contributed by atoms with Crippen LogP contribution in [0.15, 0.2) is 37.4 Å². The van der Waals surface area contributed by atoms with Crippen LogP contribution < -0.4 is 0 Å². The fourth-order valence-electron chi connectivity index (χ4n) is 1.33. The molecule has 4 heteroatoms. The van der Waals surface area contributed by atoms with Gasteiger partial charge in [0.05, 0.1) is 12.7 Å². The van der Waals surface area contributed by atoms with Gasteiger partial charge in [0, 0.05) is 38.9 Å². The first-order chi connectivity index (χ1) is 9.20. The molecule has 0 aromatic carbocycles. The molecule has 0 aliphatic heterocycles. The summed E-state index contributed by atoms with van der Waals surface area (Å²) in [5, 5.41) is 0. The molecule has 0 unspecified atom stereocenters. The summed E-state index contributed by atoms with van der Waals surface area (Å²) in [6.45, 7) is 4.49. The van der Waals surface area contributed by atoms with Crippen molar-refractivity contribution in [2.45, 2.75) is 46.0 Å². The van der Waals surface area contributed by atoms with Crippen LogP contribution in [-0.4, -0.2) is 19.1 Å². The minimum absolute atomic E-state index is 1.36. The standard InChI is InChI=1S/C7H16.2C4H6N2/c1-3-5-7-6-4-2;2*1-6-3-2-5-4-6/h3-7H2,1-2H3;2*2-4H,1H3. The van der Waals surface area contributed by atoms with Crippen LogP contribution >= 0.6 is 0 Å². The molecule has 2 heterocycles. The van der Waals surface area contributed by atoms with Gasteiger partial charge in [0.15, 0.2) is 0 Å². The molecule has 0 aliphatic rings. The molecule has 0 spiro atoms. The van der Waals surface area contributed by atoms with E-state index in [1.807, 2.05) is 35.6 Å². The van der Waals surface area contributed by atoms with Crippen LogP contribution in [0.2, 0.25) is 0 Å². The van der Waals surface area contributed by atoms with Crippen molar-refractivity contribution in [3.8, 4) is 0 Å². The van der Waals surface area contributed by atoms with Crippen LogP contribution in [0.3, 0.4) is 0 Å². The lowest BCUT2D eigenvalue weighted by atomic mass is 10.2. The van der Waals surface area contributed by atoms with Gasteiger partial charge < -0.3 is 9.13 Å². The fourth-order valence-corrected chi connectivity index (χ4v) is 1.33. The molecule has 0 bridgehead atoms. The Kier molecular flexibility index (Phi) is 11.8. The van der Waals surface area contributed by atoms with Gasteiger partial charge in [-0.15, -0.1) is 0 Å². The van der Waals surface area contributed by atoms with Crippen LogP contribution in [0.1, 0.15) is 46.0 Å². The minimum Gasteiger partial charge on any atom is -0.341 e. The normalized spacial score (nSPS) is 9.05. The minimum atomic E-state index is 1.36. The van der Waals surface area contributed by atoms with E-state index in [0.717, 1.165) is 0 Å². The molecule has 4 nitrogen and oxygen atoms in total. The summed E-state index contributed by atoms with van der Waals surface area (Å²) in [5.74, 6) is 0. The number of aromatic nitrogens is 4. The zero-order valence-electron chi connectivity index (χ0n) is 12.8. The lowest BCUT2D eigenvalue weighted by Crippen LogP contribution is -1.76. The van der Waals surface area contributed by atoms with E-state index in [4.69, 9.17) is 0 Å². The van der Waals surface area contributed by atoms with E-state index in [1.165, 1.54) is 32.1 Å². The molecular weight excluding hydrogens is 236 g/mol. The Morgan fingerprint density at radius 1 is 0.737 bits per heavy atom. The summed E-state index contributed by atoms with van der Waals surface area (Å²) >= 11 is 0. The molecule has 0 amide bonds. The van der Waals surface area contributed by atoms with E-state index < -0.39 is 0 Å². The fraction of sp³-hybridized carbons (Fsp3) is 0.600. The summed E-state index contributed by atoms with van der Waals surface area (Å²) in [6.07, 6.45) is 17.8. The average Bonchev–Trinajstić information content (AvgIpc) is 3.05. The first-order valence-electron chi connectivity index (χ1n) is 7.04. The number of imidazole rings is 2. The number of nitrogens with zero attached hydrogens (tertiary/aromatic N) is 4. The number of hydrogen-bond acceptors (Lipinski definition) is 2. The molecule has 0 aliphatic carbocycles. The molecule has 2 rings (SSSR count). The van der Waals surface area contributed by atoms with Gasteiger partial charge in [-0.25, -0.2) is 9.97 Å². The van der Waals surface area contributed by atoms with Gasteiger partial charge in [0.25, 0.3) is 0 Å². The van der Waals surface area contributed by atoms with Gasteiger partial charge in [-0.3, -0.25) is 0 Å². The Hall–Kier alpha value is -1.58. The molecule has 108 valence electrons. The predicted molar refractivity (Wildman–Crippen MR) is 80.8 cm³/mol. The van der Waals surface area contributed by atoms with Crippen molar-refractivity contribution in [3.05, 3.63) is 37.4 Å². The van der Waals surface area contributed by atoms with Crippen molar-refractivity contribution in [2.24, 2.45) is 14.1 Å². The zero-order valence-corrected chi connectivity index (χ0v) is 12.8. The number of rotatable bonds is 4. The molecule has 0 saturated carbocycles. The quantitative estimate of drug-likeness (QED) is 0.787. The maximum absolute atomic E-state index is 3.78. The summed E-state index contributed by atoms with van der Waals surface area (Å²) in [7, 11) is 3.88. The SMILES string of the molecule is CCCCCCC.Cn1ccnc1.Cn1ccnc1. The summed E-state index contributed by atoms with van der Waals surface area (Å²) in [5.41, 5.74) is 0. The molecule has 0 atom stereocenters. The molecule has 0 N–H and O–H groups in total. The molecule has 2 aromatic rings. The summed E-state index contributed by atoms with van der Waals surface area (Å²) < 4.78 is 3.78. The highest BCUT2D eigenvalue weighted by molar-refractivity contribution is 4.70. The van der Waals surface area contributed by atoms with Crippen molar-refractivity contribution in [1.82, 2.24) is 19.1 Å². The number of aryl methyl sites for hydroxylation is 2. The molecule has 19 heavy (non-hydrogen) atoms. The third-order valence-corrected chi connectivity index (χ3v) is 2.48. The van der Waals surface area contributed by atoms with E-state index in [-0.39, 0.29) is 0 Å². The second-order valence-electron chi connectivity index (χ2n) is 4.52. The molecule has 2 aromatic heterocycles. The highest BCUT2D eigenvalue weighted by Gasteiger charge is 1.80. The molecule has 0 radical (unpaired) electrons. The van der Waals surface area contributed by atoms with E-state index in [2.05, 4.69) is 23.8 Å². The smallest absolute Gasteiger partial charge is 0.0943 e. The van der Waals surface area contributed by atoms with Crippen LogP contribution in [0.25, 0.3) is 0 Å². The Morgan fingerprint density at radius 3 is 1.32 bits per heavy atom. The number of unbranched alkanes of at least 4 members (excludes halogenated alkanes) is 4. The average molecular weight is 264 g/mol. The van der Waals surface area contributed by atoms with Gasteiger partial charge in [0.2, 0.25) is 0 Å². The lowest BCUT2D eigenvalue weighted by Gasteiger charge is -1.90. The maximum atomic E-state index is 3.78. The van der Waals surface area contributed by atoms with Gasteiger partial charge in [-0.1, -0.05) is 46.0 Å².